The number of rotatable bonds is 0. The smallest absolute Gasteiger partial charge is 0.0331 e. The molecule has 0 spiro atoms. The highest BCUT2D eigenvalue weighted by Gasteiger charge is 2.15. The molecule has 1 aromatic heterocycles. The molecule has 2 rings (SSSR count). The van der Waals surface area contributed by atoms with Gasteiger partial charge in [-0.05, 0) is 24.1 Å². The van der Waals surface area contributed by atoms with Crippen LogP contribution in [0.2, 0.25) is 0 Å². The van der Waals surface area contributed by atoms with Crippen molar-refractivity contribution in [2.75, 3.05) is 7.05 Å². The van der Waals surface area contributed by atoms with E-state index in [1.165, 1.54) is 5.56 Å². The van der Waals surface area contributed by atoms with Crippen LogP contribution in [0.15, 0.2) is 11.4 Å². The van der Waals surface area contributed by atoms with E-state index in [0.29, 0.717) is 0 Å². The van der Waals surface area contributed by atoms with Crippen molar-refractivity contribution in [3.05, 3.63) is 21.9 Å². The van der Waals surface area contributed by atoms with Crippen molar-refractivity contribution in [1.82, 2.24) is 4.90 Å². The van der Waals surface area contributed by atoms with Gasteiger partial charge in [0.15, 0.2) is 0 Å². The highest BCUT2D eigenvalue weighted by atomic mass is 32.1. The summed E-state index contributed by atoms with van der Waals surface area (Å²) in [6.45, 7) is 6.31. The van der Waals surface area contributed by atoms with Crippen molar-refractivity contribution in [2.45, 2.75) is 26.9 Å². The second-order valence-electron chi connectivity index (χ2n) is 2.54. The van der Waals surface area contributed by atoms with Crippen molar-refractivity contribution in [3.8, 4) is 0 Å². The van der Waals surface area contributed by atoms with E-state index in [9.17, 15) is 0 Å². The first kappa shape index (κ1) is 8.75. The fraction of sp³-hybridized carbons (Fsp3) is 0.556. The van der Waals surface area contributed by atoms with E-state index >= 15 is 0 Å². The molecule has 2 heteroatoms. The van der Waals surface area contributed by atoms with Gasteiger partial charge in [-0.15, -0.1) is 11.3 Å². The monoisotopic (exact) mass is 169 g/mol. The first-order chi connectivity index (χ1) is 5.36. The third-order valence-electron chi connectivity index (χ3n) is 1.69. The summed E-state index contributed by atoms with van der Waals surface area (Å²) in [7, 11) is 2.16. The number of nitrogens with zero attached hydrogens (tertiary/aromatic N) is 1. The van der Waals surface area contributed by atoms with Gasteiger partial charge < -0.3 is 0 Å². The lowest BCUT2D eigenvalue weighted by Gasteiger charge is -2.02. The second-order valence-corrected chi connectivity index (χ2v) is 3.54. The van der Waals surface area contributed by atoms with Crippen LogP contribution in [0.3, 0.4) is 0 Å². The summed E-state index contributed by atoms with van der Waals surface area (Å²) in [6, 6.07) is 2.23. The number of hydrogen-bond donors (Lipinski definition) is 0. The number of fused-ring (bicyclic) bond motifs is 1. The Morgan fingerprint density at radius 3 is 2.73 bits per heavy atom. The van der Waals surface area contributed by atoms with Crippen LogP contribution in [0.1, 0.15) is 24.3 Å². The van der Waals surface area contributed by atoms with E-state index in [4.69, 9.17) is 0 Å². The molecule has 11 heavy (non-hydrogen) atoms. The Morgan fingerprint density at radius 2 is 2.09 bits per heavy atom. The minimum absolute atomic E-state index is 1.15. The van der Waals surface area contributed by atoms with Crippen molar-refractivity contribution in [1.29, 1.82) is 0 Å². The van der Waals surface area contributed by atoms with E-state index in [0.717, 1.165) is 13.1 Å². The Morgan fingerprint density at radius 1 is 1.36 bits per heavy atom. The molecule has 62 valence electrons. The average Bonchev–Trinajstić information content (AvgIpc) is 2.51. The van der Waals surface area contributed by atoms with Crippen LogP contribution in [0.25, 0.3) is 0 Å². The SMILES string of the molecule is CC.CN1Cc2ccsc2C1. The summed E-state index contributed by atoms with van der Waals surface area (Å²) >= 11 is 1.87. The normalized spacial score (nSPS) is 15.5. The predicted molar refractivity (Wildman–Crippen MR) is 50.8 cm³/mol. The van der Waals surface area contributed by atoms with Crippen molar-refractivity contribution >= 4 is 11.3 Å². The molecule has 0 amide bonds. The van der Waals surface area contributed by atoms with E-state index in [1.807, 2.05) is 25.2 Å². The Labute approximate surface area is 72.7 Å². The third-order valence-corrected chi connectivity index (χ3v) is 2.64. The summed E-state index contributed by atoms with van der Waals surface area (Å²) in [5, 5.41) is 2.18. The molecule has 0 saturated heterocycles. The number of thiophene rings is 1. The van der Waals surface area contributed by atoms with Gasteiger partial charge in [0.05, 0.1) is 0 Å². The highest BCUT2D eigenvalue weighted by Crippen LogP contribution is 2.25. The van der Waals surface area contributed by atoms with E-state index in [-0.39, 0.29) is 0 Å². The molecule has 0 N–H and O–H groups in total. The van der Waals surface area contributed by atoms with E-state index in [2.05, 4.69) is 23.4 Å². The Balaban J connectivity index is 0.000000281. The molecular weight excluding hydrogens is 154 g/mol. The molecule has 1 aromatic rings. The molecule has 1 nitrogen and oxygen atoms in total. The summed E-state index contributed by atoms with van der Waals surface area (Å²) in [5.41, 5.74) is 1.53. The molecule has 2 heterocycles. The van der Waals surface area contributed by atoms with Crippen LogP contribution < -0.4 is 0 Å². The molecule has 0 unspecified atom stereocenters. The minimum atomic E-state index is 1.15. The first-order valence-electron chi connectivity index (χ1n) is 4.10. The van der Waals surface area contributed by atoms with Gasteiger partial charge in [0, 0.05) is 18.0 Å². The standard InChI is InChI=1S/C7H9NS.C2H6/c1-8-4-6-2-3-9-7(6)5-8;1-2/h2-3H,4-5H2,1H3;1-2H3. The van der Waals surface area contributed by atoms with Crippen LogP contribution in [-0.4, -0.2) is 11.9 Å². The molecule has 0 atom stereocenters. The lowest BCUT2D eigenvalue weighted by molar-refractivity contribution is 0.354. The maximum Gasteiger partial charge on any atom is 0.0331 e. The highest BCUT2D eigenvalue weighted by molar-refractivity contribution is 7.10. The predicted octanol–water partition coefficient (Wildman–Crippen LogP) is 2.72. The van der Waals surface area contributed by atoms with Gasteiger partial charge in [-0.1, -0.05) is 13.8 Å². The average molecular weight is 169 g/mol. The van der Waals surface area contributed by atoms with Crippen molar-refractivity contribution < 1.29 is 0 Å². The minimum Gasteiger partial charge on any atom is -0.297 e. The Hall–Kier alpha value is -0.340. The fourth-order valence-corrected chi connectivity index (χ4v) is 2.21. The van der Waals surface area contributed by atoms with Gasteiger partial charge in [-0.3, -0.25) is 4.90 Å². The zero-order valence-electron chi connectivity index (χ0n) is 7.42. The molecule has 0 aromatic carbocycles. The Bertz CT molecular complexity index is 197. The van der Waals surface area contributed by atoms with Crippen molar-refractivity contribution in [3.63, 3.8) is 0 Å². The maximum atomic E-state index is 2.33. The lowest BCUT2D eigenvalue weighted by Crippen LogP contribution is -2.07. The lowest BCUT2D eigenvalue weighted by atomic mass is 10.3. The van der Waals surface area contributed by atoms with Crippen LogP contribution >= 0.6 is 11.3 Å². The molecule has 0 bridgehead atoms. The molecule has 1 aliphatic heterocycles. The molecule has 0 saturated carbocycles. The zero-order chi connectivity index (χ0) is 8.27. The molecule has 0 radical (unpaired) electrons. The third kappa shape index (κ3) is 1.82. The van der Waals surface area contributed by atoms with Gasteiger partial charge in [-0.2, -0.15) is 0 Å². The van der Waals surface area contributed by atoms with Crippen LogP contribution in [-0.2, 0) is 13.1 Å². The summed E-state index contributed by atoms with van der Waals surface area (Å²) < 4.78 is 0. The van der Waals surface area contributed by atoms with Gasteiger partial charge >= 0.3 is 0 Å². The maximum absolute atomic E-state index is 2.33. The van der Waals surface area contributed by atoms with Crippen LogP contribution in [0.4, 0.5) is 0 Å². The van der Waals surface area contributed by atoms with Gasteiger partial charge in [0.2, 0.25) is 0 Å². The van der Waals surface area contributed by atoms with Gasteiger partial charge in [0.25, 0.3) is 0 Å². The van der Waals surface area contributed by atoms with Crippen LogP contribution in [0.5, 0.6) is 0 Å². The molecule has 0 fully saturated rings. The molecule has 0 aliphatic carbocycles. The second kappa shape index (κ2) is 3.88. The van der Waals surface area contributed by atoms with Crippen molar-refractivity contribution in [2.24, 2.45) is 0 Å². The summed E-state index contributed by atoms with van der Waals surface area (Å²) in [4.78, 5) is 3.89. The molecular formula is C9H15NS. The molecule has 1 aliphatic rings. The Kier molecular flexibility index (Phi) is 3.09. The van der Waals surface area contributed by atoms with Crippen LogP contribution in [0, 0.1) is 0 Å². The van der Waals surface area contributed by atoms with E-state index in [1.54, 1.807) is 4.88 Å². The van der Waals surface area contributed by atoms with Gasteiger partial charge in [-0.25, -0.2) is 0 Å². The van der Waals surface area contributed by atoms with E-state index < -0.39 is 0 Å². The number of hydrogen-bond acceptors (Lipinski definition) is 2. The quantitative estimate of drug-likeness (QED) is 0.577. The summed E-state index contributed by atoms with van der Waals surface area (Å²) in [6.07, 6.45) is 0. The fourth-order valence-electron chi connectivity index (χ4n) is 1.24. The first-order valence-corrected chi connectivity index (χ1v) is 4.98. The summed E-state index contributed by atoms with van der Waals surface area (Å²) in [5.74, 6) is 0. The largest absolute Gasteiger partial charge is 0.297 e. The van der Waals surface area contributed by atoms with Gasteiger partial charge in [0.1, 0.15) is 0 Å². The zero-order valence-corrected chi connectivity index (χ0v) is 8.24. The topological polar surface area (TPSA) is 3.24 Å².